The number of benzene rings is 2. The molecule has 1 aromatic heterocycles. The predicted octanol–water partition coefficient (Wildman–Crippen LogP) is 2.24. The number of hydrogen-bond acceptors (Lipinski definition) is 9. The van der Waals surface area contributed by atoms with Gasteiger partial charge in [-0.05, 0) is 59.7 Å². The van der Waals surface area contributed by atoms with Crippen molar-refractivity contribution < 1.29 is 33.7 Å². The average Bonchev–Trinajstić information content (AvgIpc) is 3.31. The van der Waals surface area contributed by atoms with Crippen LogP contribution in [0.3, 0.4) is 0 Å². The van der Waals surface area contributed by atoms with Crippen molar-refractivity contribution in [3.05, 3.63) is 71.2 Å². The number of nitrogens with zero attached hydrogens (tertiary/aromatic N) is 2. The van der Waals surface area contributed by atoms with Gasteiger partial charge in [0, 0.05) is 0 Å². The summed E-state index contributed by atoms with van der Waals surface area (Å²) in [5, 5.41) is 26.8. The summed E-state index contributed by atoms with van der Waals surface area (Å²) in [5.41, 5.74) is 5.70. The molecule has 0 unspecified atom stereocenters. The van der Waals surface area contributed by atoms with Gasteiger partial charge in [-0.25, -0.2) is 10.9 Å². The second-order valence-electron chi connectivity index (χ2n) is 6.42. The lowest BCUT2D eigenvalue weighted by atomic mass is 10.2. The number of hydrogen-bond donors (Lipinski definition) is 4. The van der Waals surface area contributed by atoms with Crippen molar-refractivity contribution in [2.45, 2.75) is 0 Å². The molecule has 2 amide bonds. The smallest absolute Gasteiger partial charge is 0.307 e. The third kappa shape index (κ3) is 5.88. The number of ether oxygens (including phenoxy) is 2. The van der Waals surface area contributed by atoms with E-state index in [0.717, 1.165) is 0 Å². The topological polar surface area (TPSA) is 155 Å². The average molecular weight is 452 g/mol. The van der Waals surface area contributed by atoms with Crippen molar-refractivity contribution in [3.8, 4) is 23.0 Å². The van der Waals surface area contributed by atoms with E-state index in [1.807, 2.05) is 0 Å². The van der Waals surface area contributed by atoms with Crippen molar-refractivity contribution in [3.63, 3.8) is 0 Å². The molecule has 2 aromatic carbocycles. The van der Waals surface area contributed by atoms with E-state index in [-0.39, 0.29) is 34.5 Å². The van der Waals surface area contributed by atoms with Crippen molar-refractivity contribution in [2.75, 3.05) is 14.2 Å². The molecule has 0 aliphatic heterocycles. The quantitative estimate of drug-likeness (QED) is 0.302. The molecule has 170 valence electrons. The Morgan fingerprint density at radius 3 is 1.61 bits per heavy atom. The van der Waals surface area contributed by atoms with E-state index in [4.69, 9.17) is 13.9 Å². The number of carbonyl (C=O) groups is 2. The molecule has 11 heteroatoms. The number of furan rings is 1. The molecule has 0 aliphatic carbocycles. The van der Waals surface area contributed by atoms with Gasteiger partial charge in [0.05, 0.1) is 26.6 Å². The molecule has 0 radical (unpaired) electrons. The summed E-state index contributed by atoms with van der Waals surface area (Å²) >= 11 is 0. The Morgan fingerprint density at radius 1 is 0.788 bits per heavy atom. The Bertz CT molecular complexity index is 1130. The van der Waals surface area contributed by atoms with Crippen LogP contribution >= 0.6 is 0 Å². The van der Waals surface area contributed by atoms with Crippen LogP contribution in [0.1, 0.15) is 32.2 Å². The zero-order chi connectivity index (χ0) is 23.8. The molecule has 3 aromatic rings. The van der Waals surface area contributed by atoms with Crippen LogP contribution in [-0.2, 0) is 0 Å². The molecule has 11 nitrogen and oxygen atoms in total. The van der Waals surface area contributed by atoms with Gasteiger partial charge in [0.2, 0.25) is 0 Å². The predicted molar refractivity (Wildman–Crippen MR) is 118 cm³/mol. The highest BCUT2D eigenvalue weighted by atomic mass is 16.5. The number of amides is 2. The maximum Gasteiger partial charge on any atom is 0.307 e. The number of phenols is 2. The number of methoxy groups -OCH3 is 2. The fourth-order valence-electron chi connectivity index (χ4n) is 2.57. The van der Waals surface area contributed by atoms with Crippen molar-refractivity contribution in [2.24, 2.45) is 10.2 Å². The van der Waals surface area contributed by atoms with Crippen LogP contribution in [-0.4, -0.2) is 48.7 Å². The first-order valence-electron chi connectivity index (χ1n) is 9.42. The van der Waals surface area contributed by atoms with Gasteiger partial charge in [0.25, 0.3) is 0 Å². The van der Waals surface area contributed by atoms with Crippen LogP contribution < -0.4 is 20.3 Å². The monoisotopic (exact) mass is 452 g/mol. The van der Waals surface area contributed by atoms with Crippen LogP contribution in [0.2, 0.25) is 0 Å². The number of aromatic hydroxyl groups is 2. The molecule has 0 aliphatic rings. The molecule has 4 N–H and O–H groups in total. The van der Waals surface area contributed by atoms with E-state index in [2.05, 4.69) is 21.1 Å². The molecule has 33 heavy (non-hydrogen) atoms. The molecule has 0 saturated carbocycles. The van der Waals surface area contributed by atoms with Crippen LogP contribution in [0.4, 0.5) is 0 Å². The highest BCUT2D eigenvalue weighted by Gasteiger charge is 2.15. The summed E-state index contributed by atoms with van der Waals surface area (Å²) in [7, 11) is 2.83. The molecule has 0 fully saturated rings. The van der Waals surface area contributed by atoms with Crippen LogP contribution in [0.5, 0.6) is 23.0 Å². The molecule has 0 spiro atoms. The zero-order valence-corrected chi connectivity index (χ0v) is 17.6. The second kappa shape index (κ2) is 10.5. The van der Waals surface area contributed by atoms with E-state index in [9.17, 15) is 19.8 Å². The number of carbonyl (C=O) groups excluding carboxylic acids is 2. The highest BCUT2D eigenvalue weighted by molar-refractivity contribution is 5.96. The van der Waals surface area contributed by atoms with Gasteiger partial charge in [0.1, 0.15) is 0 Å². The summed E-state index contributed by atoms with van der Waals surface area (Å²) in [6.07, 6.45) is 2.70. The number of phenolic OH excluding ortho intramolecular Hbond substituents is 2. The van der Waals surface area contributed by atoms with E-state index in [1.54, 1.807) is 12.1 Å². The largest absolute Gasteiger partial charge is 0.504 e. The van der Waals surface area contributed by atoms with E-state index < -0.39 is 11.8 Å². The molecule has 0 bridgehead atoms. The Morgan fingerprint density at radius 2 is 1.21 bits per heavy atom. The third-order valence-electron chi connectivity index (χ3n) is 4.22. The Labute approximate surface area is 187 Å². The van der Waals surface area contributed by atoms with Gasteiger partial charge >= 0.3 is 11.8 Å². The summed E-state index contributed by atoms with van der Waals surface area (Å²) in [4.78, 5) is 24.3. The van der Waals surface area contributed by atoms with Crippen molar-refractivity contribution in [1.82, 2.24) is 10.9 Å². The van der Waals surface area contributed by atoms with Gasteiger partial charge < -0.3 is 24.1 Å². The van der Waals surface area contributed by atoms with Crippen molar-refractivity contribution in [1.29, 1.82) is 0 Å². The fraction of sp³-hybridized carbons (Fsp3) is 0.0909. The van der Waals surface area contributed by atoms with Crippen LogP contribution in [0, 0.1) is 0 Å². The number of rotatable bonds is 8. The maximum absolute atomic E-state index is 12.2. The van der Waals surface area contributed by atoms with Gasteiger partial charge in [-0.15, -0.1) is 0 Å². The van der Waals surface area contributed by atoms with Crippen LogP contribution in [0.15, 0.2) is 63.2 Å². The molecular weight excluding hydrogens is 432 g/mol. The van der Waals surface area contributed by atoms with Gasteiger partial charge in [0.15, 0.2) is 34.5 Å². The number of hydrazone groups is 2. The molecule has 0 saturated heterocycles. The molecule has 3 rings (SSSR count). The van der Waals surface area contributed by atoms with E-state index in [1.165, 1.54) is 63.0 Å². The lowest BCUT2D eigenvalue weighted by Crippen LogP contribution is -2.18. The minimum atomic E-state index is -0.671. The standard InChI is InChI=1S/C22H20N4O7/c1-31-19-9-13(3-5-15(19)27)11-23-25-21(29)17-7-8-18(33-17)22(30)26-24-12-14-4-6-16(28)20(10-14)32-2/h3-12,27-28H,1-2H3,(H,25,29)(H,26,30)/b23-11+,24-12+. The first kappa shape index (κ1) is 22.9. The Hall–Kier alpha value is -4.80. The third-order valence-corrected chi connectivity index (χ3v) is 4.22. The second-order valence-corrected chi connectivity index (χ2v) is 6.42. The molecule has 1 heterocycles. The highest BCUT2D eigenvalue weighted by Crippen LogP contribution is 2.26. The maximum atomic E-state index is 12.2. The first-order valence-corrected chi connectivity index (χ1v) is 9.42. The van der Waals surface area contributed by atoms with Gasteiger partial charge in [-0.3, -0.25) is 9.59 Å². The number of nitrogens with one attached hydrogen (secondary N) is 2. The SMILES string of the molecule is COc1cc(/C=N/NC(=O)c2ccc(C(=O)N/N=C/c3ccc(O)c(OC)c3)o2)ccc1O. The minimum Gasteiger partial charge on any atom is -0.504 e. The fourth-order valence-corrected chi connectivity index (χ4v) is 2.57. The lowest BCUT2D eigenvalue weighted by molar-refractivity contribution is 0.0902. The van der Waals surface area contributed by atoms with Crippen molar-refractivity contribution >= 4 is 24.2 Å². The lowest BCUT2D eigenvalue weighted by Gasteiger charge is -2.03. The van der Waals surface area contributed by atoms with Gasteiger partial charge in [-0.1, -0.05) is 0 Å². The molecular formula is C22H20N4O7. The summed E-state index contributed by atoms with van der Waals surface area (Å²) in [6.45, 7) is 0. The minimum absolute atomic E-state index is 0.0211. The summed E-state index contributed by atoms with van der Waals surface area (Å²) in [6, 6.07) is 11.7. The van der Waals surface area contributed by atoms with Gasteiger partial charge in [-0.2, -0.15) is 10.2 Å². The van der Waals surface area contributed by atoms with Crippen LogP contribution in [0.25, 0.3) is 0 Å². The normalized spacial score (nSPS) is 11.0. The Balaban J connectivity index is 1.56. The zero-order valence-electron chi connectivity index (χ0n) is 17.6. The summed E-state index contributed by atoms with van der Waals surface area (Å²) < 4.78 is 15.2. The summed E-state index contributed by atoms with van der Waals surface area (Å²) in [5.74, 6) is -1.12. The van der Waals surface area contributed by atoms with E-state index in [0.29, 0.717) is 11.1 Å². The molecule has 0 atom stereocenters. The first-order chi connectivity index (χ1) is 15.9. The Kier molecular flexibility index (Phi) is 7.27. The van der Waals surface area contributed by atoms with E-state index >= 15 is 0 Å².